The molecule has 126 valence electrons. The summed E-state index contributed by atoms with van der Waals surface area (Å²) >= 11 is 0. The van der Waals surface area contributed by atoms with Gasteiger partial charge in [-0.05, 0) is 12.0 Å². The zero-order valence-electron chi connectivity index (χ0n) is 13.6. The number of amides is 1. The van der Waals surface area contributed by atoms with Crippen LogP contribution in [0.1, 0.15) is 25.3 Å². The van der Waals surface area contributed by atoms with Crippen molar-refractivity contribution in [1.82, 2.24) is 24.6 Å². The molecule has 0 saturated carbocycles. The van der Waals surface area contributed by atoms with Gasteiger partial charge in [-0.1, -0.05) is 13.8 Å². The average molecular weight is 338 g/mol. The van der Waals surface area contributed by atoms with Gasteiger partial charge in [0.25, 0.3) is 0 Å². The van der Waals surface area contributed by atoms with E-state index >= 15 is 0 Å². The van der Waals surface area contributed by atoms with Gasteiger partial charge in [0, 0.05) is 22.7 Å². The molecule has 0 aliphatic carbocycles. The van der Waals surface area contributed by atoms with Gasteiger partial charge in [-0.15, -0.1) is 0 Å². The lowest BCUT2D eigenvalue weighted by molar-refractivity contribution is -0.105. The zero-order chi connectivity index (χ0) is 17.6. The topological polar surface area (TPSA) is 88.0 Å². The molecule has 1 aromatic carbocycles. The smallest absolute Gasteiger partial charge is 0.212 e. The number of fused-ring (bicyclic) bond motifs is 2. The Morgan fingerprint density at radius 1 is 1.32 bits per heavy atom. The summed E-state index contributed by atoms with van der Waals surface area (Å²) in [6.45, 7) is 3.88. The summed E-state index contributed by atoms with van der Waals surface area (Å²) in [5.74, 6) is 0.152. The van der Waals surface area contributed by atoms with Gasteiger partial charge in [0.1, 0.15) is 5.82 Å². The summed E-state index contributed by atoms with van der Waals surface area (Å²) in [7, 11) is 0. The number of hydrogen-bond donors (Lipinski definition) is 2. The van der Waals surface area contributed by atoms with Crippen LogP contribution < -0.4 is 5.32 Å². The maximum atomic E-state index is 14.7. The minimum Gasteiger partial charge on any atom is -0.312 e. The molecule has 2 N–H and O–H groups in total. The Kier molecular flexibility index (Phi) is 3.45. The first-order valence-corrected chi connectivity index (χ1v) is 7.79. The first kappa shape index (κ1) is 15.3. The van der Waals surface area contributed by atoms with Gasteiger partial charge in [0.15, 0.2) is 11.5 Å². The molecule has 0 unspecified atom stereocenters. The highest BCUT2D eigenvalue weighted by Crippen LogP contribution is 2.34. The van der Waals surface area contributed by atoms with Crippen LogP contribution in [0.5, 0.6) is 0 Å². The Morgan fingerprint density at radius 3 is 2.92 bits per heavy atom. The number of aromatic nitrogens is 5. The summed E-state index contributed by atoms with van der Waals surface area (Å²) in [5.41, 5.74) is 3.10. The summed E-state index contributed by atoms with van der Waals surface area (Å²) in [4.78, 5) is 19.2. The van der Waals surface area contributed by atoms with Crippen LogP contribution in [0, 0.1) is 5.82 Å². The number of aromatic amines is 1. The third-order valence-corrected chi connectivity index (χ3v) is 4.13. The third-order valence-electron chi connectivity index (χ3n) is 4.13. The van der Waals surface area contributed by atoms with Crippen LogP contribution in [0.3, 0.4) is 0 Å². The highest BCUT2D eigenvalue weighted by Gasteiger charge is 2.18. The van der Waals surface area contributed by atoms with E-state index in [-0.39, 0.29) is 11.7 Å². The number of imidazole rings is 1. The number of anilines is 1. The van der Waals surface area contributed by atoms with Gasteiger partial charge in [0.2, 0.25) is 6.41 Å². The number of halogens is 1. The molecule has 1 amide bonds. The predicted molar refractivity (Wildman–Crippen MR) is 91.8 cm³/mol. The molecule has 25 heavy (non-hydrogen) atoms. The molecule has 0 aliphatic heterocycles. The molecule has 0 saturated heterocycles. The molecule has 0 fully saturated rings. The summed E-state index contributed by atoms with van der Waals surface area (Å²) in [6.07, 6.45) is 7.22. The molecule has 3 heterocycles. The molecule has 0 spiro atoms. The van der Waals surface area contributed by atoms with E-state index in [2.05, 4.69) is 25.5 Å². The highest BCUT2D eigenvalue weighted by atomic mass is 19.1. The largest absolute Gasteiger partial charge is 0.312 e. The van der Waals surface area contributed by atoms with Crippen molar-refractivity contribution in [3.05, 3.63) is 42.2 Å². The zero-order valence-corrected chi connectivity index (χ0v) is 13.6. The number of carbonyl (C=O) groups is 1. The number of hydrogen-bond acceptors (Lipinski definition) is 4. The quantitative estimate of drug-likeness (QED) is 0.560. The minimum atomic E-state index is -0.294. The summed E-state index contributed by atoms with van der Waals surface area (Å²) in [6, 6.07) is 1.49. The molecule has 3 aromatic heterocycles. The number of nitrogens with one attached hydrogen (secondary N) is 2. The van der Waals surface area contributed by atoms with Crippen molar-refractivity contribution < 1.29 is 9.18 Å². The van der Waals surface area contributed by atoms with Crippen molar-refractivity contribution in [2.45, 2.75) is 19.8 Å². The lowest BCUT2D eigenvalue weighted by atomic mass is 9.96. The molecular weight excluding hydrogens is 323 g/mol. The molecule has 0 atom stereocenters. The molecule has 4 aromatic rings. The van der Waals surface area contributed by atoms with Crippen molar-refractivity contribution in [1.29, 1.82) is 0 Å². The minimum absolute atomic E-state index is 0.0260. The summed E-state index contributed by atoms with van der Waals surface area (Å²) < 4.78 is 16.4. The molecule has 4 rings (SSSR count). The number of nitrogens with zero attached hydrogens (tertiary/aromatic N) is 4. The second-order valence-electron chi connectivity index (χ2n) is 6.06. The fraction of sp³-hybridized carbons (Fsp3) is 0.176. The Labute approximate surface area is 141 Å². The number of rotatable bonds is 4. The Hall–Kier alpha value is -3.29. The SMILES string of the molecule is CC(C)c1c(F)cc(-c2cn3cc(NC=O)nc3cn2)c2cn[nH]c12. The molecule has 0 aliphatic rings. The van der Waals surface area contributed by atoms with Gasteiger partial charge in [-0.3, -0.25) is 14.9 Å². The van der Waals surface area contributed by atoms with Crippen molar-refractivity contribution in [2.24, 2.45) is 0 Å². The van der Waals surface area contributed by atoms with Crippen LogP contribution in [0.4, 0.5) is 10.2 Å². The molecule has 7 nitrogen and oxygen atoms in total. The van der Waals surface area contributed by atoms with E-state index in [1.54, 1.807) is 29.2 Å². The van der Waals surface area contributed by atoms with Gasteiger partial charge in [0.05, 0.1) is 29.8 Å². The lowest BCUT2D eigenvalue weighted by Crippen LogP contribution is -1.98. The standard InChI is InChI=1S/C17H15FN6O/c1-9(2)16-12(18)3-10(11-4-21-23-17(11)16)13-6-24-7-14(20-8-25)22-15(24)5-19-13/h3-9H,1-2H3,(H,20,25)(H,21,23). The lowest BCUT2D eigenvalue weighted by Gasteiger charge is -2.11. The van der Waals surface area contributed by atoms with Crippen LogP contribution in [-0.4, -0.2) is 31.0 Å². The van der Waals surface area contributed by atoms with Gasteiger partial charge in [-0.2, -0.15) is 5.10 Å². The molecule has 0 bridgehead atoms. The van der Waals surface area contributed by atoms with Crippen LogP contribution in [0.15, 0.2) is 30.9 Å². The van der Waals surface area contributed by atoms with E-state index in [1.165, 1.54) is 6.07 Å². The molecule has 8 heteroatoms. The normalized spacial score (nSPS) is 11.5. The maximum absolute atomic E-state index is 14.7. The van der Waals surface area contributed by atoms with E-state index in [0.29, 0.717) is 40.2 Å². The van der Waals surface area contributed by atoms with E-state index in [1.807, 2.05) is 13.8 Å². The van der Waals surface area contributed by atoms with Crippen molar-refractivity contribution in [2.75, 3.05) is 5.32 Å². The van der Waals surface area contributed by atoms with E-state index in [4.69, 9.17) is 0 Å². The Morgan fingerprint density at radius 2 is 2.16 bits per heavy atom. The van der Waals surface area contributed by atoms with Gasteiger partial charge < -0.3 is 9.72 Å². The molecule has 0 radical (unpaired) electrons. The Bertz CT molecular complexity index is 1100. The third kappa shape index (κ3) is 2.42. The van der Waals surface area contributed by atoms with E-state index in [0.717, 1.165) is 5.39 Å². The summed E-state index contributed by atoms with van der Waals surface area (Å²) in [5, 5.41) is 10.3. The van der Waals surface area contributed by atoms with Crippen molar-refractivity contribution >= 4 is 28.8 Å². The number of benzene rings is 1. The van der Waals surface area contributed by atoms with E-state index in [9.17, 15) is 9.18 Å². The van der Waals surface area contributed by atoms with Crippen LogP contribution >= 0.6 is 0 Å². The van der Waals surface area contributed by atoms with Crippen LogP contribution in [-0.2, 0) is 4.79 Å². The number of H-pyrrole nitrogens is 1. The fourth-order valence-electron chi connectivity index (χ4n) is 3.04. The Balaban J connectivity index is 1.92. The van der Waals surface area contributed by atoms with E-state index < -0.39 is 0 Å². The highest BCUT2D eigenvalue weighted by molar-refractivity contribution is 5.95. The first-order valence-electron chi connectivity index (χ1n) is 7.79. The van der Waals surface area contributed by atoms with Crippen molar-refractivity contribution in [3.8, 4) is 11.3 Å². The van der Waals surface area contributed by atoms with Gasteiger partial charge >= 0.3 is 0 Å². The number of carbonyl (C=O) groups excluding carboxylic acids is 1. The first-order chi connectivity index (χ1) is 12.1. The van der Waals surface area contributed by atoms with Crippen molar-refractivity contribution in [3.63, 3.8) is 0 Å². The second kappa shape index (κ2) is 5.66. The fourth-order valence-corrected chi connectivity index (χ4v) is 3.04. The monoisotopic (exact) mass is 338 g/mol. The maximum Gasteiger partial charge on any atom is 0.212 e. The predicted octanol–water partition coefficient (Wildman–Crippen LogP) is 3.10. The van der Waals surface area contributed by atoms with Crippen LogP contribution in [0.2, 0.25) is 0 Å². The van der Waals surface area contributed by atoms with Gasteiger partial charge in [-0.25, -0.2) is 9.37 Å². The van der Waals surface area contributed by atoms with Crippen LogP contribution in [0.25, 0.3) is 27.8 Å². The second-order valence-corrected chi connectivity index (χ2v) is 6.06. The average Bonchev–Trinajstić information content (AvgIpc) is 3.19. The molecular formula is C17H15FN6O.